The largest absolute Gasteiger partial charge is 0.338 e. The summed E-state index contributed by atoms with van der Waals surface area (Å²) < 4.78 is 10.7. The van der Waals surface area contributed by atoms with E-state index in [1.165, 1.54) is 13.8 Å². The van der Waals surface area contributed by atoms with Crippen molar-refractivity contribution in [2.45, 2.75) is 32.3 Å². The molecular formula is C6H13O4P. The molecule has 11 heavy (non-hydrogen) atoms. The smallest absolute Gasteiger partial charge is 0.324 e. The Morgan fingerprint density at radius 3 is 1.91 bits per heavy atom. The van der Waals surface area contributed by atoms with E-state index in [-0.39, 0.29) is 6.42 Å². The van der Waals surface area contributed by atoms with E-state index in [1.54, 1.807) is 6.92 Å². The van der Waals surface area contributed by atoms with Crippen molar-refractivity contribution >= 4 is 13.4 Å². The number of rotatable bonds is 3. The molecule has 0 heterocycles. The molecule has 0 rings (SSSR count). The molecule has 2 N–H and O–H groups in total. The van der Waals surface area contributed by atoms with Gasteiger partial charge in [-0.05, 0) is 13.8 Å². The normalized spacial score (nSPS) is 13.2. The topological polar surface area (TPSA) is 74.6 Å². The van der Waals surface area contributed by atoms with Crippen molar-refractivity contribution in [3.8, 4) is 0 Å². The molecule has 66 valence electrons. The third kappa shape index (κ3) is 2.12. The predicted octanol–water partition coefficient (Wildman–Crippen LogP) is 0.922. The van der Waals surface area contributed by atoms with Gasteiger partial charge in [-0.15, -0.1) is 0 Å². The third-order valence-electron chi connectivity index (χ3n) is 1.73. The molecule has 5 heteroatoms. The Morgan fingerprint density at radius 2 is 1.82 bits per heavy atom. The second-order valence-electron chi connectivity index (χ2n) is 2.88. The minimum absolute atomic E-state index is 0.151. The molecule has 0 atom stereocenters. The van der Waals surface area contributed by atoms with E-state index in [9.17, 15) is 9.36 Å². The van der Waals surface area contributed by atoms with Crippen molar-refractivity contribution in [3.05, 3.63) is 0 Å². The molecule has 0 unspecified atom stereocenters. The average molecular weight is 180 g/mol. The SMILES string of the molecule is CCC(=O)C(C)(C)P(=O)(O)O. The van der Waals surface area contributed by atoms with E-state index in [1.807, 2.05) is 0 Å². The standard InChI is InChI=1S/C6H13O4P/c1-4-5(7)6(2,3)11(8,9)10/h4H2,1-3H3,(H2,8,9,10). The first kappa shape index (κ1) is 10.8. The lowest BCUT2D eigenvalue weighted by atomic mass is 10.1. The first-order valence-corrected chi connectivity index (χ1v) is 4.93. The summed E-state index contributed by atoms with van der Waals surface area (Å²) in [4.78, 5) is 28.5. The fraction of sp³-hybridized carbons (Fsp3) is 0.833. The molecule has 0 saturated heterocycles. The molecule has 4 nitrogen and oxygen atoms in total. The number of carbonyl (C=O) groups is 1. The molecule has 0 radical (unpaired) electrons. The minimum atomic E-state index is -4.29. The van der Waals surface area contributed by atoms with Gasteiger partial charge in [-0.2, -0.15) is 0 Å². The van der Waals surface area contributed by atoms with Gasteiger partial charge in [-0.25, -0.2) is 0 Å². The predicted molar refractivity (Wildman–Crippen MR) is 41.4 cm³/mol. The van der Waals surface area contributed by atoms with Gasteiger partial charge < -0.3 is 9.79 Å². The summed E-state index contributed by atoms with van der Waals surface area (Å²) in [5.41, 5.74) is 0. The highest BCUT2D eigenvalue weighted by molar-refractivity contribution is 7.54. The van der Waals surface area contributed by atoms with E-state index in [2.05, 4.69) is 0 Å². The molecule has 0 aromatic rings. The van der Waals surface area contributed by atoms with Gasteiger partial charge in [-0.1, -0.05) is 6.92 Å². The quantitative estimate of drug-likeness (QED) is 0.633. The lowest BCUT2D eigenvalue weighted by Crippen LogP contribution is -2.30. The van der Waals surface area contributed by atoms with E-state index < -0.39 is 18.5 Å². The Hall–Kier alpha value is -0.180. The van der Waals surface area contributed by atoms with Crippen LogP contribution >= 0.6 is 7.60 Å². The molecule has 0 bridgehead atoms. The second kappa shape index (κ2) is 3.05. The van der Waals surface area contributed by atoms with Gasteiger partial charge in [0.25, 0.3) is 0 Å². The van der Waals surface area contributed by atoms with Gasteiger partial charge in [0.15, 0.2) is 0 Å². The molecular weight excluding hydrogens is 167 g/mol. The van der Waals surface area contributed by atoms with Crippen molar-refractivity contribution in [2.24, 2.45) is 0 Å². The summed E-state index contributed by atoms with van der Waals surface area (Å²) in [7, 11) is -4.29. The molecule has 0 fully saturated rings. The fourth-order valence-electron chi connectivity index (χ4n) is 0.595. The maximum atomic E-state index is 11.0. The Labute approximate surface area is 65.8 Å². The summed E-state index contributed by atoms with van der Waals surface area (Å²) in [6.45, 7) is 4.11. The van der Waals surface area contributed by atoms with Gasteiger partial charge in [0.2, 0.25) is 0 Å². The summed E-state index contributed by atoms with van der Waals surface area (Å²) in [5.74, 6) is -0.411. The summed E-state index contributed by atoms with van der Waals surface area (Å²) >= 11 is 0. The van der Waals surface area contributed by atoms with Crippen molar-refractivity contribution < 1.29 is 19.1 Å². The van der Waals surface area contributed by atoms with Crippen LogP contribution < -0.4 is 0 Å². The summed E-state index contributed by atoms with van der Waals surface area (Å²) in [6.07, 6.45) is 0.151. The molecule has 0 saturated carbocycles. The molecule has 0 aliphatic rings. The Morgan fingerprint density at radius 1 is 1.45 bits per heavy atom. The Balaban J connectivity index is 4.74. The van der Waals surface area contributed by atoms with Crippen LogP contribution in [0.25, 0.3) is 0 Å². The first-order chi connectivity index (χ1) is 4.73. The Kier molecular flexibility index (Phi) is 3.00. The second-order valence-corrected chi connectivity index (χ2v) is 5.09. The lowest BCUT2D eigenvalue weighted by Gasteiger charge is -2.23. The van der Waals surface area contributed by atoms with Crippen LogP contribution in [0.1, 0.15) is 27.2 Å². The number of carbonyl (C=O) groups excluding carboxylic acids is 1. The molecule has 0 aliphatic heterocycles. The third-order valence-corrected chi connectivity index (χ3v) is 3.44. The maximum Gasteiger partial charge on any atom is 0.338 e. The van der Waals surface area contributed by atoms with E-state index in [0.717, 1.165) is 0 Å². The zero-order chi connectivity index (χ0) is 9.28. The number of Topliss-reactive ketones (excluding diaryl/α,β-unsaturated/α-hetero) is 1. The highest BCUT2D eigenvalue weighted by atomic mass is 31.2. The zero-order valence-corrected chi connectivity index (χ0v) is 7.76. The molecule has 0 spiro atoms. The van der Waals surface area contributed by atoms with Crippen LogP contribution in [0.5, 0.6) is 0 Å². The monoisotopic (exact) mass is 180 g/mol. The first-order valence-electron chi connectivity index (χ1n) is 3.32. The highest BCUT2D eigenvalue weighted by Crippen LogP contribution is 2.50. The van der Waals surface area contributed by atoms with Crippen molar-refractivity contribution in [3.63, 3.8) is 0 Å². The highest BCUT2D eigenvalue weighted by Gasteiger charge is 2.43. The molecule has 0 aromatic heterocycles. The van der Waals surface area contributed by atoms with Gasteiger partial charge >= 0.3 is 7.60 Å². The summed E-state index contributed by atoms with van der Waals surface area (Å²) in [6, 6.07) is 0. The van der Waals surface area contributed by atoms with Crippen LogP contribution in [0, 0.1) is 0 Å². The summed E-state index contributed by atoms with van der Waals surface area (Å²) in [5, 5.41) is -1.53. The van der Waals surface area contributed by atoms with Gasteiger partial charge in [0.05, 0.1) is 0 Å². The van der Waals surface area contributed by atoms with E-state index in [4.69, 9.17) is 9.79 Å². The lowest BCUT2D eigenvalue weighted by molar-refractivity contribution is -0.120. The fourth-order valence-corrected chi connectivity index (χ4v) is 1.08. The molecule has 0 aliphatic carbocycles. The van der Waals surface area contributed by atoms with Crippen LogP contribution in [0.3, 0.4) is 0 Å². The van der Waals surface area contributed by atoms with Crippen LogP contribution in [0.4, 0.5) is 0 Å². The zero-order valence-electron chi connectivity index (χ0n) is 6.87. The van der Waals surface area contributed by atoms with E-state index in [0.29, 0.717) is 0 Å². The average Bonchev–Trinajstić information content (AvgIpc) is 1.83. The molecule has 0 aromatic carbocycles. The molecule has 0 amide bonds. The van der Waals surface area contributed by atoms with Crippen LogP contribution in [0.2, 0.25) is 0 Å². The number of hydrogen-bond donors (Lipinski definition) is 2. The maximum absolute atomic E-state index is 11.0. The minimum Gasteiger partial charge on any atom is -0.324 e. The number of ketones is 1. The van der Waals surface area contributed by atoms with Gasteiger partial charge in [0, 0.05) is 6.42 Å². The van der Waals surface area contributed by atoms with Crippen LogP contribution in [-0.4, -0.2) is 20.7 Å². The Bertz CT molecular complexity index is 203. The van der Waals surface area contributed by atoms with Crippen LogP contribution in [-0.2, 0) is 9.36 Å². The van der Waals surface area contributed by atoms with Crippen LogP contribution in [0.15, 0.2) is 0 Å². The van der Waals surface area contributed by atoms with Crippen molar-refractivity contribution in [1.29, 1.82) is 0 Å². The number of hydrogen-bond acceptors (Lipinski definition) is 2. The van der Waals surface area contributed by atoms with Gasteiger partial charge in [-0.3, -0.25) is 9.36 Å². The van der Waals surface area contributed by atoms with Crippen molar-refractivity contribution in [1.82, 2.24) is 0 Å². The van der Waals surface area contributed by atoms with E-state index >= 15 is 0 Å². The van der Waals surface area contributed by atoms with Crippen molar-refractivity contribution in [2.75, 3.05) is 0 Å². The van der Waals surface area contributed by atoms with Gasteiger partial charge in [0.1, 0.15) is 10.9 Å².